The number of amides is 1. The molecule has 1 amide bonds. The minimum absolute atomic E-state index is 0.0274. The largest absolute Gasteiger partial charge is 0.481 e. The molecule has 1 unspecified atom stereocenters. The second kappa shape index (κ2) is 7.63. The monoisotopic (exact) mass is 361 g/mol. The Morgan fingerprint density at radius 2 is 2.23 bits per heavy atom. The van der Waals surface area contributed by atoms with E-state index in [0.717, 1.165) is 6.42 Å². The van der Waals surface area contributed by atoms with Crippen LogP contribution in [0.3, 0.4) is 0 Å². The Morgan fingerprint density at radius 3 is 2.96 bits per heavy atom. The Kier molecular flexibility index (Phi) is 5.29. The number of likely N-dealkylation sites (tertiary alicyclic amines) is 1. The van der Waals surface area contributed by atoms with Crippen LogP contribution < -0.4 is 0 Å². The van der Waals surface area contributed by atoms with Gasteiger partial charge in [0, 0.05) is 31.0 Å². The highest BCUT2D eigenvalue weighted by Gasteiger charge is 2.30. The standard InChI is InChI=1S/C18H20FN3O4/c1-11-9-12(4-5-14(11)19)18-20-15(26-21-18)6-7-16(23)22-8-2-3-13(22)10-17(24)25/h4-5,9,13H,2-3,6-8,10H2,1H3,(H,24,25). The summed E-state index contributed by atoms with van der Waals surface area (Å²) >= 11 is 0. The molecule has 8 heteroatoms. The van der Waals surface area contributed by atoms with Gasteiger partial charge in [-0.3, -0.25) is 9.59 Å². The first-order valence-electron chi connectivity index (χ1n) is 8.54. The Balaban J connectivity index is 1.60. The number of hydrogen-bond acceptors (Lipinski definition) is 5. The van der Waals surface area contributed by atoms with Gasteiger partial charge in [-0.15, -0.1) is 0 Å². The fraction of sp³-hybridized carbons (Fsp3) is 0.444. The molecule has 0 radical (unpaired) electrons. The van der Waals surface area contributed by atoms with Crippen LogP contribution in [0.5, 0.6) is 0 Å². The summed E-state index contributed by atoms with van der Waals surface area (Å²) in [5, 5.41) is 12.8. The highest BCUT2D eigenvalue weighted by molar-refractivity contribution is 5.78. The molecule has 26 heavy (non-hydrogen) atoms. The minimum Gasteiger partial charge on any atom is -0.481 e. The molecule has 7 nitrogen and oxygen atoms in total. The van der Waals surface area contributed by atoms with Gasteiger partial charge in [0.25, 0.3) is 0 Å². The van der Waals surface area contributed by atoms with Crippen molar-refractivity contribution >= 4 is 11.9 Å². The lowest BCUT2D eigenvalue weighted by molar-refractivity contribution is -0.139. The molecule has 0 spiro atoms. The lowest BCUT2D eigenvalue weighted by Crippen LogP contribution is -2.36. The van der Waals surface area contributed by atoms with Gasteiger partial charge in [0.2, 0.25) is 17.6 Å². The number of benzene rings is 1. The SMILES string of the molecule is Cc1cc(-c2noc(CCC(=O)N3CCCC3CC(=O)O)n2)ccc1F. The van der Waals surface area contributed by atoms with Gasteiger partial charge in [0.15, 0.2) is 0 Å². The molecule has 0 aliphatic carbocycles. The maximum Gasteiger partial charge on any atom is 0.305 e. The van der Waals surface area contributed by atoms with Crippen LogP contribution in [0.4, 0.5) is 4.39 Å². The number of rotatable bonds is 6. The number of carbonyl (C=O) groups excluding carboxylic acids is 1. The van der Waals surface area contributed by atoms with Gasteiger partial charge in [-0.1, -0.05) is 5.16 Å². The van der Waals surface area contributed by atoms with Crippen molar-refractivity contribution in [3.63, 3.8) is 0 Å². The number of carboxylic acids is 1. The Morgan fingerprint density at radius 1 is 1.42 bits per heavy atom. The van der Waals surface area contributed by atoms with Crippen LogP contribution in [0.1, 0.15) is 37.1 Å². The summed E-state index contributed by atoms with van der Waals surface area (Å²) in [5.74, 6) is -0.633. The van der Waals surface area contributed by atoms with Crippen LogP contribution in [0.2, 0.25) is 0 Å². The van der Waals surface area contributed by atoms with Crippen LogP contribution in [0.25, 0.3) is 11.4 Å². The van der Waals surface area contributed by atoms with Crippen LogP contribution >= 0.6 is 0 Å². The number of hydrogen-bond donors (Lipinski definition) is 1. The molecule has 1 fully saturated rings. The zero-order valence-electron chi connectivity index (χ0n) is 14.4. The highest BCUT2D eigenvalue weighted by atomic mass is 19.1. The maximum absolute atomic E-state index is 13.3. The van der Waals surface area contributed by atoms with E-state index in [-0.39, 0.29) is 37.0 Å². The molecule has 138 valence electrons. The summed E-state index contributed by atoms with van der Waals surface area (Å²) in [4.78, 5) is 29.1. The normalized spacial score (nSPS) is 16.8. The topological polar surface area (TPSA) is 96.5 Å². The number of halogens is 1. The van der Waals surface area contributed by atoms with E-state index in [2.05, 4.69) is 10.1 Å². The van der Waals surface area contributed by atoms with Gasteiger partial charge < -0.3 is 14.5 Å². The second-order valence-corrected chi connectivity index (χ2v) is 6.46. The minimum atomic E-state index is -0.897. The third-order valence-corrected chi connectivity index (χ3v) is 4.54. The summed E-state index contributed by atoms with van der Waals surface area (Å²) in [6.07, 6.45) is 1.97. The van der Waals surface area contributed by atoms with Crippen molar-refractivity contribution < 1.29 is 23.6 Å². The molecule has 0 saturated carbocycles. The van der Waals surface area contributed by atoms with E-state index in [1.54, 1.807) is 24.0 Å². The summed E-state index contributed by atoms with van der Waals surface area (Å²) in [6.45, 7) is 2.24. The Hall–Kier alpha value is -2.77. The van der Waals surface area contributed by atoms with Gasteiger partial charge >= 0.3 is 5.97 Å². The van der Waals surface area contributed by atoms with Crippen molar-refractivity contribution in [2.24, 2.45) is 0 Å². The molecule has 1 aromatic heterocycles. The molecular weight excluding hydrogens is 341 g/mol. The predicted octanol–water partition coefficient (Wildman–Crippen LogP) is 2.58. The van der Waals surface area contributed by atoms with Crippen molar-refractivity contribution in [2.75, 3.05) is 6.54 Å². The molecule has 2 aromatic rings. The molecule has 2 heterocycles. The molecule has 0 bridgehead atoms. The van der Waals surface area contributed by atoms with E-state index in [1.807, 2.05) is 0 Å². The van der Waals surface area contributed by atoms with Crippen molar-refractivity contribution in [3.8, 4) is 11.4 Å². The Labute approximate surface area is 149 Å². The van der Waals surface area contributed by atoms with Gasteiger partial charge in [0.1, 0.15) is 5.82 Å². The first-order chi connectivity index (χ1) is 12.4. The van der Waals surface area contributed by atoms with Crippen molar-refractivity contribution in [1.29, 1.82) is 0 Å². The van der Waals surface area contributed by atoms with E-state index in [4.69, 9.17) is 9.63 Å². The second-order valence-electron chi connectivity index (χ2n) is 6.46. The summed E-state index contributed by atoms with van der Waals surface area (Å²) in [6, 6.07) is 4.32. The molecule has 1 aliphatic rings. The summed E-state index contributed by atoms with van der Waals surface area (Å²) in [7, 11) is 0. The summed E-state index contributed by atoms with van der Waals surface area (Å²) < 4.78 is 18.5. The van der Waals surface area contributed by atoms with Gasteiger partial charge in [-0.2, -0.15) is 4.98 Å². The molecule has 3 rings (SSSR count). The smallest absolute Gasteiger partial charge is 0.305 e. The third kappa shape index (κ3) is 4.07. The molecular formula is C18H20FN3O4. The van der Waals surface area contributed by atoms with Crippen molar-refractivity contribution in [2.45, 2.75) is 45.1 Å². The van der Waals surface area contributed by atoms with Crippen LogP contribution in [-0.2, 0) is 16.0 Å². The average molecular weight is 361 g/mol. The average Bonchev–Trinajstić information content (AvgIpc) is 3.24. The zero-order chi connectivity index (χ0) is 18.7. The predicted molar refractivity (Wildman–Crippen MR) is 89.7 cm³/mol. The molecule has 1 N–H and O–H groups in total. The van der Waals surface area contributed by atoms with E-state index >= 15 is 0 Å². The molecule has 1 atom stereocenters. The van der Waals surface area contributed by atoms with Crippen LogP contribution in [0, 0.1) is 12.7 Å². The summed E-state index contributed by atoms with van der Waals surface area (Å²) in [5.41, 5.74) is 1.13. The third-order valence-electron chi connectivity index (χ3n) is 4.54. The van der Waals surface area contributed by atoms with E-state index in [9.17, 15) is 14.0 Å². The fourth-order valence-electron chi connectivity index (χ4n) is 3.19. The van der Waals surface area contributed by atoms with Crippen molar-refractivity contribution in [3.05, 3.63) is 35.5 Å². The number of aliphatic carboxylic acids is 1. The Bertz CT molecular complexity index is 821. The number of aryl methyl sites for hydroxylation is 2. The van der Waals surface area contributed by atoms with Crippen LogP contribution in [0.15, 0.2) is 22.7 Å². The first kappa shape index (κ1) is 18.0. The van der Waals surface area contributed by atoms with Gasteiger partial charge in [-0.05, 0) is 43.5 Å². The van der Waals surface area contributed by atoms with Gasteiger partial charge in [-0.25, -0.2) is 4.39 Å². The fourth-order valence-corrected chi connectivity index (χ4v) is 3.19. The first-order valence-corrected chi connectivity index (χ1v) is 8.54. The van der Waals surface area contributed by atoms with Crippen molar-refractivity contribution in [1.82, 2.24) is 15.0 Å². The molecule has 1 aliphatic heterocycles. The molecule has 1 saturated heterocycles. The lowest BCUT2D eigenvalue weighted by Gasteiger charge is -2.23. The number of carboxylic acid groups (broad SMARTS) is 1. The number of nitrogens with zero attached hydrogens (tertiary/aromatic N) is 3. The van der Waals surface area contributed by atoms with E-state index in [1.165, 1.54) is 6.07 Å². The number of carbonyl (C=O) groups is 2. The van der Waals surface area contributed by atoms with E-state index < -0.39 is 5.97 Å². The maximum atomic E-state index is 13.3. The van der Waals surface area contributed by atoms with Crippen LogP contribution in [-0.4, -0.2) is 44.6 Å². The lowest BCUT2D eigenvalue weighted by atomic mass is 10.1. The van der Waals surface area contributed by atoms with Gasteiger partial charge in [0.05, 0.1) is 6.42 Å². The number of aromatic nitrogens is 2. The highest BCUT2D eigenvalue weighted by Crippen LogP contribution is 2.22. The molecule has 1 aromatic carbocycles. The zero-order valence-corrected chi connectivity index (χ0v) is 14.4. The quantitative estimate of drug-likeness (QED) is 0.849. The van der Waals surface area contributed by atoms with E-state index in [0.29, 0.717) is 35.8 Å².